The van der Waals surface area contributed by atoms with Gasteiger partial charge in [-0.3, -0.25) is 48.3 Å². The second-order valence-corrected chi connectivity index (χ2v) is 20.0. The number of primary amides is 1. The lowest BCUT2D eigenvalue weighted by atomic mass is 10.00. The second kappa shape index (κ2) is 20.7. The van der Waals surface area contributed by atoms with Crippen LogP contribution in [0.1, 0.15) is 132 Å². The van der Waals surface area contributed by atoms with E-state index < -0.39 is 72.5 Å². The number of anilines is 1. The third-order valence-corrected chi connectivity index (χ3v) is 14.6. The predicted molar refractivity (Wildman–Crippen MR) is 252 cm³/mol. The molecule has 4 aliphatic heterocycles. The zero-order valence-corrected chi connectivity index (χ0v) is 39.1. The van der Waals surface area contributed by atoms with E-state index in [4.69, 9.17) is 5.73 Å². The number of piperidine rings is 1. The molecule has 8 rings (SSSR count). The lowest BCUT2D eigenvalue weighted by Crippen LogP contribution is -2.55. The Morgan fingerprint density at radius 1 is 0.914 bits per heavy atom. The highest BCUT2D eigenvalue weighted by atomic mass is 31.2. The maximum absolute atomic E-state index is 14.5. The van der Waals surface area contributed by atoms with Gasteiger partial charge in [0.15, 0.2) is 0 Å². The molecule has 17 nitrogen and oxygen atoms in total. The van der Waals surface area contributed by atoms with Crippen LogP contribution in [0.5, 0.6) is 0 Å². The lowest BCUT2D eigenvalue weighted by molar-refractivity contribution is -0.137. The summed E-state index contributed by atoms with van der Waals surface area (Å²) in [5.41, 5.74) is 4.62. The minimum absolute atomic E-state index is 0.0547. The van der Waals surface area contributed by atoms with Gasteiger partial charge in [0.05, 0.1) is 5.69 Å². The molecule has 0 bridgehead atoms. The summed E-state index contributed by atoms with van der Waals surface area (Å²) in [6.07, 6.45) is 8.30. The summed E-state index contributed by atoms with van der Waals surface area (Å²) in [4.78, 5) is 115. The Kier molecular flexibility index (Phi) is 14.7. The van der Waals surface area contributed by atoms with Crippen LogP contribution in [0.2, 0.25) is 0 Å². The van der Waals surface area contributed by atoms with E-state index in [2.05, 4.69) is 32.8 Å². The van der Waals surface area contributed by atoms with Crippen molar-refractivity contribution >= 4 is 65.5 Å². The summed E-state index contributed by atoms with van der Waals surface area (Å²) < 4.78 is 40.4. The molecule has 0 spiro atoms. The van der Waals surface area contributed by atoms with Gasteiger partial charge in [0.25, 0.3) is 11.8 Å². The normalized spacial score (nSPS) is 19.2. The number of rotatable bonds is 18. The Bertz CT molecular complexity index is 2890. The van der Waals surface area contributed by atoms with Crippen molar-refractivity contribution in [1.82, 2.24) is 25.8 Å². The molecule has 70 heavy (non-hydrogen) atoms. The van der Waals surface area contributed by atoms with Gasteiger partial charge in [-0.2, -0.15) is 8.78 Å². The summed E-state index contributed by atoms with van der Waals surface area (Å²) >= 11 is 0. The first-order valence-corrected chi connectivity index (χ1v) is 25.2. The van der Waals surface area contributed by atoms with Crippen LogP contribution in [0.15, 0.2) is 60.7 Å². The minimum atomic E-state index is -5.83. The Balaban J connectivity index is 0.828. The van der Waals surface area contributed by atoms with Crippen molar-refractivity contribution in [3.8, 4) is 11.8 Å². The standard InChI is InChI=1S/C50H54F2N7O10P/c51-50(52,70(67,68)69)33-18-21-37-32(25-33)26-39(55-37)45(62)56-38-20-17-30-13-9-14-31-27-41(59(44(30)31)49(38)66)47(64)54-34(19-23-42(53)60)15-8-6-4-2-1-3-5-7-11-29-12-10-16-35-36(29)28-58(48(35)65)40-22-24-43(61)57-46(40)63/h9-10,12-14,16,18,21,25-26,34,38,40-41,55H,1-6,8,15,17,19-20,22-24,27-28H2,(H2,53,60)(H,54,64)(H,56,62)(H,57,61,63)(H2,67,68,69)/t34-,38+,40?,41+/m1/s1. The molecule has 0 aliphatic carbocycles. The zero-order chi connectivity index (χ0) is 49.9. The Morgan fingerprint density at radius 2 is 1.66 bits per heavy atom. The number of halogens is 2. The number of aryl methyl sites for hydroxylation is 1. The molecule has 0 radical (unpaired) electrons. The van der Waals surface area contributed by atoms with Crippen molar-refractivity contribution in [2.45, 2.75) is 133 Å². The molecule has 8 N–H and O–H groups in total. The highest BCUT2D eigenvalue weighted by Gasteiger charge is 2.50. The first kappa shape index (κ1) is 49.7. The number of amides is 7. The number of unbranched alkanes of at least 4 members (excludes halogenated alkanes) is 6. The van der Waals surface area contributed by atoms with Crippen molar-refractivity contribution < 1.29 is 56.7 Å². The zero-order valence-electron chi connectivity index (χ0n) is 38.2. The number of nitrogens with one attached hydrogen (secondary N) is 4. The fraction of sp³-hybridized carbons (Fsp3) is 0.420. The smallest absolute Gasteiger partial charge is 0.370 e. The molecule has 4 atom stereocenters. The Hall–Kier alpha value is -6.74. The lowest BCUT2D eigenvalue weighted by Gasteiger charge is -2.29. The van der Waals surface area contributed by atoms with Crippen molar-refractivity contribution in [3.63, 3.8) is 0 Å². The number of nitrogens with zero attached hydrogens (tertiary/aromatic N) is 2. The predicted octanol–water partition coefficient (Wildman–Crippen LogP) is 5.08. The van der Waals surface area contributed by atoms with Crippen LogP contribution in [-0.4, -0.2) is 85.2 Å². The fourth-order valence-corrected chi connectivity index (χ4v) is 10.4. The van der Waals surface area contributed by atoms with Crippen LogP contribution in [0, 0.1) is 11.8 Å². The third kappa shape index (κ3) is 10.5. The van der Waals surface area contributed by atoms with Gasteiger partial charge in [-0.25, -0.2) is 0 Å². The number of hydrogen-bond acceptors (Lipinski definition) is 8. The van der Waals surface area contributed by atoms with Gasteiger partial charge in [-0.15, -0.1) is 0 Å². The monoisotopic (exact) mass is 981 g/mol. The molecule has 1 aromatic heterocycles. The Morgan fingerprint density at radius 3 is 2.41 bits per heavy atom. The molecular weight excluding hydrogens is 928 g/mol. The van der Waals surface area contributed by atoms with E-state index in [0.29, 0.717) is 43.4 Å². The van der Waals surface area contributed by atoms with E-state index in [9.17, 15) is 56.7 Å². The number of carbonyl (C=O) groups excluding carboxylic acids is 7. The molecule has 20 heteroatoms. The van der Waals surface area contributed by atoms with Crippen molar-refractivity contribution in [1.29, 1.82) is 0 Å². The maximum Gasteiger partial charge on any atom is 0.399 e. The number of benzene rings is 3. The fourth-order valence-electron chi connectivity index (χ4n) is 9.90. The highest BCUT2D eigenvalue weighted by Crippen LogP contribution is 2.59. The SMILES string of the molecule is NC(=O)CC[C@@H](CCCCCCCCC#Cc1cccc2c1CN(C1CCC(=O)NC1=O)C2=O)NC(=O)[C@@H]1Cc2cccc3c2N1C(=O)[C@@H](NC(=O)c1cc2cc(C(F)(F)P(=O)(O)O)ccc2[nH]1)CC3. The van der Waals surface area contributed by atoms with Crippen molar-refractivity contribution in [2.75, 3.05) is 4.90 Å². The molecular formula is C50H54F2N7O10P. The number of fused-ring (bicyclic) bond motifs is 2. The Labute approximate surface area is 401 Å². The van der Waals surface area contributed by atoms with Crippen LogP contribution in [0.3, 0.4) is 0 Å². The quantitative estimate of drug-likeness (QED) is 0.0301. The van der Waals surface area contributed by atoms with Gasteiger partial charge in [0, 0.05) is 65.9 Å². The van der Waals surface area contributed by atoms with E-state index in [0.717, 1.165) is 72.9 Å². The van der Waals surface area contributed by atoms with Crippen LogP contribution in [-0.2, 0) is 53.6 Å². The van der Waals surface area contributed by atoms with Gasteiger partial charge in [0.2, 0.25) is 29.5 Å². The largest absolute Gasteiger partial charge is 0.399 e. The van der Waals surface area contributed by atoms with Crippen LogP contribution in [0.25, 0.3) is 10.9 Å². The van der Waals surface area contributed by atoms with Gasteiger partial charge in [-0.05, 0) is 85.5 Å². The summed E-state index contributed by atoms with van der Waals surface area (Å²) in [6, 6.07) is 12.0. The van der Waals surface area contributed by atoms with E-state index in [1.807, 2.05) is 24.3 Å². The van der Waals surface area contributed by atoms with Crippen molar-refractivity contribution in [3.05, 3.63) is 99.7 Å². The van der Waals surface area contributed by atoms with Crippen LogP contribution in [0.4, 0.5) is 14.5 Å². The van der Waals surface area contributed by atoms with E-state index >= 15 is 0 Å². The molecule has 5 heterocycles. The van der Waals surface area contributed by atoms with Crippen LogP contribution < -0.4 is 26.6 Å². The van der Waals surface area contributed by atoms with Gasteiger partial charge < -0.3 is 36.0 Å². The maximum atomic E-state index is 14.5. The molecule has 4 aromatic rings. The number of para-hydroxylation sites is 1. The molecule has 1 saturated heterocycles. The number of aromatic nitrogens is 1. The average Bonchev–Trinajstić information content (AvgIpc) is 4.01. The van der Waals surface area contributed by atoms with Gasteiger partial charge >= 0.3 is 13.3 Å². The minimum Gasteiger partial charge on any atom is -0.370 e. The first-order chi connectivity index (χ1) is 33.4. The first-order valence-electron chi connectivity index (χ1n) is 23.6. The molecule has 0 saturated carbocycles. The number of aromatic amines is 1. The van der Waals surface area contributed by atoms with Crippen molar-refractivity contribution in [2.24, 2.45) is 5.73 Å². The molecule has 7 amide bonds. The average molecular weight is 982 g/mol. The number of nitrogens with two attached hydrogens (primary N) is 1. The molecule has 4 aliphatic rings. The number of hydrogen-bond donors (Lipinski definition) is 7. The molecule has 1 unspecified atom stereocenters. The number of carbonyl (C=O) groups is 7. The third-order valence-electron chi connectivity index (χ3n) is 13.6. The summed E-state index contributed by atoms with van der Waals surface area (Å²) in [5, 5.41) is 8.26. The summed E-state index contributed by atoms with van der Waals surface area (Å²) in [7, 11) is -5.83. The number of imide groups is 1. The topological polar surface area (TPSA) is 261 Å². The van der Waals surface area contributed by atoms with E-state index in [1.54, 1.807) is 12.1 Å². The van der Waals surface area contributed by atoms with Crippen LogP contribution >= 0.6 is 7.60 Å². The molecule has 1 fully saturated rings. The summed E-state index contributed by atoms with van der Waals surface area (Å²) in [6.45, 7) is 0.263. The van der Waals surface area contributed by atoms with Gasteiger partial charge in [-0.1, -0.05) is 74.3 Å². The molecule has 368 valence electrons. The van der Waals surface area contributed by atoms with E-state index in [-0.39, 0.29) is 60.6 Å². The molecule has 3 aromatic carbocycles. The van der Waals surface area contributed by atoms with E-state index in [1.165, 1.54) is 21.9 Å². The number of alkyl halides is 2. The van der Waals surface area contributed by atoms with Gasteiger partial charge in [0.1, 0.15) is 23.8 Å². The summed E-state index contributed by atoms with van der Waals surface area (Å²) in [5.74, 6) is 3.27. The second-order valence-electron chi connectivity index (χ2n) is 18.4. The highest BCUT2D eigenvalue weighted by molar-refractivity contribution is 7.52. The number of H-pyrrole nitrogens is 1.